The third-order valence-corrected chi connectivity index (χ3v) is 5.47. The molecule has 2 aliphatic rings. The largest absolute Gasteiger partial charge is 0.393 e. The topological polar surface area (TPSA) is 26.7 Å². The maximum atomic E-state index is 10.4. The lowest BCUT2D eigenvalue weighted by atomic mass is 9.74. The SMILES string of the molecule is CC(C)C1CCC(O)C(CN2CCCC2CN(C)C)C1. The first-order valence-corrected chi connectivity index (χ1v) is 8.54. The number of nitrogens with zero attached hydrogens (tertiary/aromatic N) is 2. The summed E-state index contributed by atoms with van der Waals surface area (Å²) in [5.41, 5.74) is 0. The van der Waals surface area contributed by atoms with E-state index in [4.69, 9.17) is 0 Å². The van der Waals surface area contributed by atoms with E-state index in [2.05, 4.69) is 37.7 Å². The summed E-state index contributed by atoms with van der Waals surface area (Å²) < 4.78 is 0. The van der Waals surface area contributed by atoms with Crippen LogP contribution in [0, 0.1) is 17.8 Å². The minimum Gasteiger partial charge on any atom is -0.393 e. The van der Waals surface area contributed by atoms with Gasteiger partial charge in [-0.25, -0.2) is 0 Å². The van der Waals surface area contributed by atoms with Crippen LogP contribution in [0.25, 0.3) is 0 Å². The van der Waals surface area contributed by atoms with Crippen LogP contribution >= 0.6 is 0 Å². The Kier molecular flexibility index (Phi) is 5.88. The van der Waals surface area contributed by atoms with Crippen molar-refractivity contribution in [2.75, 3.05) is 33.7 Å². The Bertz CT molecular complexity index is 293. The van der Waals surface area contributed by atoms with Gasteiger partial charge in [0, 0.05) is 19.1 Å². The maximum absolute atomic E-state index is 10.4. The van der Waals surface area contributed by atoms with Gasteiger partial charge in [-0.15, -0.1) is 0 Å². The van der Waals surface area contributed by atoms with Crippen molar-refractivity contribution < 1.29 is 5.11 Å². The highest BCUT2D eigenvalue weighted by Crippen LogP contribution is 2.35. The second-order valence-electron chi connectivity index (χ2n) is 7.70. The van der Waals surface area contributed by atoms with E-state index in [0.717, 1.165) is 31.3 Å². The van der Waals surface area contributed by atoms with Crippen molar-refractivity contribution in [2.24, 2.45) is 17.8 Å². The minimum atomic E-state index is -0.0643. The van der Waals surface area contributed by atoms with Gasteiger partial charge < -0.3 is 10.0 Å². The lowest BCUT2D eigenvalue weighted by Gasteiger charge is -2.39. The Morgan fingerprint density at radius 1 is 1.20 bits per heavy atom. The number of aliphatic hydroxyl groups excluding tert-OH is 1. The average Bonchev–Trinajstić information content (AvgIpc) is 2.78. The molecular formula is C17H34N2O. The molecule has 1 aliphatic carbocycles. The van der Waals surface area contributed by atoms with Gasteiger partial charge in [0.1, 0.15) is 0 Å². The van der Waals surface area contributed by atoms with Gasteiger partial charge in [0.2, 0.25) is 0 Å². The van der Waals surface area contributed by atoms with Crippen LogP contribution in [0.5, 0.6) is 0 Å². The lowest BCUT2D eigenvalue weighted by molar-refractivity contribution is 0.0149. The van der Waals surface area contributed by atoms with Gasteiger partial charge in [-0.2, -0.15) is 0 Å². The van der Waals surface area contributed by atoms with Crippen molar-refractivity contribution in [1.82, 2.24) is 9.80 Å². The number of hydrogen-bond acceptors (Lipinski definition) is 3. The van der Waals surface area contributed by atoms with E-state index in [1.807, 2.05) is 0 Å². The Labute approximate surface area is 125 Å². The third kappa shape index (κ3) is 4.19. The highest BCUT2D eigenvalue weighted by atomic mass is 16.3. The predicted octanol–water partition coefficient (Wildman–Crippen LogP) is 2.45. The molecule has 20 heavy (non-hydrogen) atoms. The summed E-state index contributed by atoms with van der Waals surface area (Å²) in [4.78, 5) is 4.95. The molecule has 2 rings (SSSR count). The highest BCUT2D eigenvalue weighted by molar-refractivity contribution is 4.87. The monoisotopic (exact) mass is 282 g/mol. The van der Waals surface area contributed by atoms with Crippen LogP contribution in [0.1, 0.15) is 46.0 Å². The smallest absolute Gasteiger partial charge is 0.0580 e. The van der Waals surface area contributed by atoms with Crippen molar-refractivity contribution in [3.8, 4) is 0 Å². The molecule has 1 N–H and O–H groups in total. The van der Waals surface area contributed by atoms with Crippen molar-refractivity contribution in [3.63, 3.8) is 0 Å². The molecule has 0 amide bonds. The van der Waals surface area contributed by atoms with Gasteiger partial charge in [0.25, 0.3) is 0 Å². The molecule has 1 aliphatic heterocycles. The molecule has 0 bridgehead atoms. The van der Waals surface area contributed by atoms with Gasteiger partial charge >= 0.3 is 0 Å². The number of hydrogen-bond donors (Lipinski definition) is 1. The van der Waals surface area contributed by atoms with Crippen LogP contribution in [0.3, 0.4) is 0 Å². The van der Waals surface area contributed by atoms with Crippen LogP contribution in [0.15, 0.2) is 0 Å². The van der Waals surface area contributed by atoms with E-state index in [0.29, 0.717) is 12.0 Å². The van der Waals surface area contributed by atoms with Gasteiger partial charge in [-0.05, 0) is 70.5 Å². The first kappa shape index (κ1) is 16.3. The molecule has 0 aromatic carbocycles. The molecule has 1 saturated heterocycles. The highest BCUT2D eigenvalue weighted by Gasteiger charge is 2.34. The maximum Gasteiger partial charge on any atom is 0.0580 e. The molecule has 0 aromatic rings. The Morgan fingerprint density at radius 2 is 1.95 bits per heavy atom. The molecule has 118 valence electrons. The van der Waals surface area contributed by atoms with Gasteiger partial charge in [0.05, 0.1) is 6.10 Å². The molecule has 4 atom stereocenters. The van der Waals surface area contributed by atoms with Crippen LogP contribution in [-0.4, -0.2) is 60.8 Å². The van der Waals surface area contributed by atoms with Crippen molar-refractivity contribution in [3.05, 3.63) is 0 Å². The predicted molar refractivity (Wildman–Crippen MR) is 84.8 cm³/mol. The van der Waals surface area contributed by atoms with E-state index >= 15 is 0 Å². The second kappa shape index (κ2) is 7.24. The Balaban J connectivity index is 1.90. The third-order valence-electron chi connectivity index (χ3n) is 5.47. The molecule has 2 fully saturated rings. The molecule has 1 heterocycles. The molecule has 0 spiro atoms. The zero-order valence-corrected chi connectivity index (χ0v) is 13.9. The molecule has 4 unspecified atom stereocenters. The summed E-state index contributed by atoms with van der Waals surface area (Å²) in [7, 11) is 4.33. The Hall–Kier alpha value is -0.120. The fraction of sp³-hybridized carbons (Fsp3) is 1.00. The number of aliphatic hydroxyl groups is 1. The fourth-order valence-electron chi connectivity index (χ4n) is 4.15. The second-order valence-corrected chi connectivity index (χ2v) is 7.70. The zero-order valence-electron chi connectivity index (χ0n) is 13.9. The van der Waals surface area contributed by atoms with E-state index in [9.17, 15) is 5.11 Å². The van der Waals surface area contributed by atoms with Gasteiger partial charge in [-0.3, -0.25) is 4.90 Å². The molecule has 0 radical (unpaired) electrons. The quantitative estimate of drug-likeness (QED) is 0.839. The van der Waals surface area contributed by atoms with E-state index < -0.39 is 0 Å². The molecule has 3 heteroatoms. The van der Waals surface area contributed by atoms with Gasteiger partial charge in [0.15, 0.2) is 0 Å². The van der Waals surface area contributed by atoms with Crippen LogP contribution in [-0.2, 0) is 0 Å². The van der Waals surface area contributed by atoms with Crippen molar-refractivity contribution >= 4 is 0 Å². The average molecular weight is 282 g/mol. The summed E-state index contributed by atoms with van der Waals surface area (Å²) in [6, 6.07) is 0.705. The summed E-state index contributed by atoms with van der Waals surface area (Å²) in [5, 5.41) is 10.4. The summed E-state index contributed by atoms with van der Waals surface area (Å²) in [6.45, 7) is 8.18. The van der Waals surface area contributed by atoms with Crippen LogP contribution < -0.4 is 0 Å². The van der Waals surface area contributed by atoms with E-state index in [1.54, 1.807) is 0 Å². The number of likely N-dealkylation sites (tertiary alicyclic amines) is 1. The fourth-order valence-corrected chi connectivity index (χ4v) is 4.15. The standard InChI is InChI=1S/C17H34N2O/c1-13(2)14-7-8-17(20)15(10-14)11-19-9-5-6-16(19)12-18(3)4/h13-17,20H,5-12H2,1-4H3. The molecule has 0 aromatic heterocycles. The van der Waals surface area contributed by atoms with Gasteiger partial charge in [-0.1, -0.05) is 13.8 Å². The van der Waals surface area contributed by atoms with Crippen molar-refractivity contribution in [2.45, 2.75) is 58.1 Å². The Morgan fingerprint density at radius 3 is 2.60 bits per heavy atom. The summed E-state index contributed by atoms with van der Waals surface area (Å²) in [5.74, 6) is 2.08. The molecule has 1 saturated carbocycles. The number of likely N-dealkylation sites (N-methyl/N-ethyl adjacent to an activating group) is 1. The number of rotatable bonds is 5. The normalized spacial score (nSPS) is 36.1. The van der Waals surface area contributed by atoms with E-state index in [1.165, 1.54) is 32.2 Å². The molecule has 3 nitrogen and oxygen atoms in total. The van der Waals surface area contributed by atoms with Crippen molar-refractivity contribution in [1.29, 1.82) is 0 Å². The zero-order chi connectivity index (χ0) is 14.7. The first-order valence-electron chi connectivity index (χ1n) is 8.54. The van der Waals surface area contributed by atoms with Crippen LogP contribution in [0.4, 0.5) is 0 Å². The minimum absolute atomic E-state index is 0.0643. The summed E-state index contributed by atoms with van der Waals surface area (Å²) in [6.07, 6.45) is 6.05. The van der Waals surface area contributed by atoms with E-state index in [-0.39, 0.29) is 6.10 Å². The summed E-state index contributed by atoms with van der Waals surface area (Å²) >= 11 is 0. The first-order chi connectivity index (χ1) is 9.47. The lowest BCUT2D eigenvalue weighted by Crippen LogP contribution is -2.44. The molecular weight excluding hydrogens is 248 g/mol. The van der Waals surface area contributed by atoms with Crippen LogP contribution in [0.2, 0.25) is 0 Å².